The monoisotopic (exact) mass is 294 g/mol. The Morgan fingerprint density at radius 3 is 2.29 bits per heavy atom. The molecule has 88 valence electrons. The van der Waals surface area contributed by atoms with Crippen LogP contribution in [0.4, 0.5) is 4.39 Å². The fourth-order valence-corrected chi connectivity index (χ4v) is 1.99. The summed E-state index contributed by atoms with van der Waals surface area (Å²) >= 11 is 3.39. The van der Waals surface area contributed by atoms with E-state index < -0.39 is 0 Å². The minimum absolute atomic E-state index is 0.233. The van der Waals surface area contributed by atoms with Gasteiger partial charge in [0.2, 0.25) is 0 Å². The largest absolute Gasteiger partial charge is 0.488 e. The van der Waals surface area contributed by atoms with Crippen molar-refractivity contribution >= 4 is 15.9 Å². The molecule has 0 N–H and O–H groups in total. The second-order valence-electron chi connectivity index (χ2n) is 3.62. The van der Waals surface area contributed by atoms with Gasteiger partial charge in [-0.1, -0.05) is 52.3 Å². The Kier molecular flexibility index (Phi) is 4.15. The Morgan fingerprint density at radius 1 is 0.941 bits per heavy atom. The molecule has 0 atom stereocenters. The van der Waals surface area contributed by atoms with Gasteiger partial charge in [0, 0.05) is 16.5 Å². The average Bonchev–Trinajstić information content (AvgIpc) is 2.38. The van der Waals surface area contributed by atoms with Gasteiger partial charge < -0.3 is 4.74 Å². The van der Waals surface area contributed by atoms with Crippen LogP contribution >= 0.6 is 15.9 Å². The summed E-state index contributed by atoms with van der Waals surface area (Å²) in [5.74, 6) is 0.552. The van der Waals surface area contributed by atoms with Crippen molar-refractivity contribution in [3.05, 3.63) is 65.5 Å². The molecule has 3 heteroatoms. The fraction of sp³-hybridized carbons (Fsp3) is 0.143. The Hall–Kier alpha value is -1.35. The highest BCUT2D eigenvalue weighted by atomic mass is 79.9. The Bertz CT molecular complexity index is 499. The van der Waals surface area contributed by atoms with Gasteiger partial charge in [0.05, 0.1) is 0 Å². The minimum atomic E-state index is -0.233. The molecular weight excluding hydrogens is 283 g/mol. The van der Waals surface area contributed by atoms with Crippen LogP contribution in [0.15, 0.2) is 48.5 Å². The molecule has 17 heavy (non-hydrogen) atoms. The van der Waals surface area contributed by atoms with E-state index in [1.165, 1.54) is 6.07 Å². The molecular formula is C14H12BrFO. The van der Waals surface area contributed by atoms with Gasteiger partial charge in [0.25, 0.3) is 0 Å². The highest BCUT2D eigenvalue weighted by Gasteiger charge is 2.04. The van der Waals surface area contributed by atoms with E-state index in [9.17, 15) is 4.39 Å². The van der Waals surface area contributed by atoms with Crippen LogP contribution < -0.4 is 4.74 Å². The van der Waals surface area contributed by atoms with Gasteiger partial charge in [-0.25, -0.2) is 4.39 Å². The maximum absolute atomic E-state index is 13.4. The predicted octanol–water partition coefficient (Wildman–Crippen LogP) is 4.30. The molecule has 0 radical (unpaired) electrons. The molecule has 0 bridgehead atoms. The van der Waals surface area contributed by atoms with Crippen molar-refractivity contribution < 1.29 is 9.13 Å². The normalized spacial score (nSPS) is 10.2. The maximum Gasteiger partial charge on any atom is 0.129 e. The van der Waals surface area contributed by atoms with E-state index in [0.717, 1.165) is 16.6 Å². The number of benzene rings is 2. The average molecular weight is 295 g/mol. The molecule has 1 nitrogen and oxygen atoms in total. The van der Waals surface area contributed by atoms with E-state index in [4.69, 9.17) is 4.74 Å². The van der Waals surface area contributed by atoms with Crippen LogP contribution in [-0.2, 0) is 11.9 Å². The summed E-state index contributed by atoms with van der Waals surface area (Å²) < 4.78 is 19.0. The van der Waals surface area contributed by atoms with Crippen molar-refractivity contribution in [1.82, 2.24) is 0 Å². The summed E-state index contributed by atoms with van der Waals surface area (Å²) in [5.41, 5.74) is 1.63. The molecule has 2 rings (SSSR count). The number of para-hydroxylation sites is 1. The van der Waals surface area contributed by atoms with Crippen LogP contribution in [0.3, 0.4) is 0 Å². The van der Waals surface area contributed by atoms with Crippen molar-refractivity contribution in [2.45, 2.75) is 11.9 Å². The Labute approximate surface area is 108 Å². The van der Waals surface area contributed by atoms with E-state index in [1.807, 2.05) is 24.3 Å². The number of hydrogen-bond donors (Lipinski definition) is 0. The molecule has 0 heterocycles. The molecule has 0 aliphatic rings. The van der Waals surface area contributed by atoms with Gasteiger partial charge in [0.15, 0.2) is 0 Å². The maximum atomic E-state index is 13.4. The first-order valence-electron chi connectivity index (χ1n) is 5.31. The van der Waals surface area contributed by atoms with Crippen LogP contribution in [0.5, 0.6) is 5.75 Å². The second-order valence-corrected chi connectivity index (χ2v) is 4.18. The number of rotatable bonds is 4. The fourth-order valence-electron chi connectivity index (χ4n) is 1.53. The first kappa shape index (κ1) is 12.1. The summed E-state index contributed by atoms with van der Waals surface area (Å²) in [4.78, 5) is 0. The van der Waals surface area contributed by atoms with Crippen LogP contribution in [0.1, 0.15) is 11.1 Å². The van der Waals surface area contributed by atoms with Crippen molar-refractivity contribution in [3.8, 4) is 5.75 Å². The molecule has 0 fully saturated rings. The number of hydrogen-bond acceptors (Lipinski definition) is 1. The predicted molar refractivity (Wildman–Crippen MR) is 69.8 cm³/mol. The molecule has 0 aromatic heterocycles. The molecule has 0 aliphatic carbocycles. The third-order valence-electron chi connectivity index (χ3n) is 2.46. The second kappa shape index (κ2) is 5.82. The zero-order valence-corrected chi connectivity index (χ0v) is 10.8. The lowest BCUT2D eigenvalue weighted by atomic mass is 10.2. The van der Waals surface area contributed by atoms with E-state index >= 15 is 0 Å². The molecule has 0 saturated carbocycles. The summed E-state index contributed by atoms with van der Waals surface area (Å²) in [6, 6.07) is 14.4. The van der Waals surface area contributed by atoms with Crippen molar-refractivity contribution in [2.24, 2.45) is 0 Å². The quantitative estimate of drug-likeness (QED) is 0.764. The molecule has 0 unspecified atom stereocenters. The van der Waals surface area contributed by atoms with E-state index in [2.05, 4.69) is 15.9 Å². The number of alkyl halides is 1. The van der Waals surface area contributed by atoms with Gasteiger partial charge in [-0.05, 0) is 12.1 Å². The van der Waals surface area contributed by atoms with Crippen molar-refractivity contribution in [2.75, 3.05) is 0 Å². The van der Waals surface area contributed by atoms with E-state index in [0.29, 0.717) is 5.56 Å². The summed E-state index contributed by atoms with van der Waals surface area (Å²) in [6.07, 6.45) is 0. The number of halogens is 2. The van der Waals surface area contributed by atoms with E-state index in [-0.39, 0.29) is 12.4 Å². The lowest BCUT2D eigenvalue weighted by Gasteiger charge is -2.10. The molecule has 0 saturated heterocycles. The summed E-state index contributed by atoms with van der Waals surface area (Å²) in [7, 11) is 0. The lowest BCUT2D eigenvalue weighted by Crippen LogP contribution is -1.99. The molecule has 2 aromatic rings. The van der Waals surface area contributed by atoms with Crippen LogP contribution in [-0.4, -0.2) is 0 Å². The number of ether oxygens (including phenoxy) is 1. The molecule has 0 aliphatic heterocycles. The lowest BCUT2D eigenvalue weighted by molar-refractivity contribution is 0.297. The topological polar surface area (TPSA) is 9.23 Å². The van der Waals surface area contributed by atoms with Gasteiger partial charge in [-0.15, -0.1) is 0 Å². The van der Waals surface area contributed by atoms with E-state index in [1.54, 1.807) is 18.2 Å². The summed E-state index contributed by atoms with van der Waals surface area (Å²) in [6.45, 7) is 0.247. The summed E-state index contributed by atoms with van der Waals surface area (Å²) in [5, 5.41) is 0.723. The van der Waals surface area contributed by atoms with Crippen molar-refractivity contribution in [1.29, 1.82) is 0 Å². The first-order valence-corrected chi connectivity index (χ1v) is 6.43. The van der Waals surface area contributed by atoms with Crippen molar-refractivity contribution in [3.63, 3.8) is 0 Å². The SMILES string of the molecule is Fc1ccccc1COc1ccccc1CBr. The van der Waals surface area contributed by atoms with Gasteiger partial charge >= 0.3 is 0 Å². The smallest absolute Gasteiger partial charge is 0.129 e. The Balaban J connectivity index is 2.10. The third-order valence-corrected chi connectivity index (χ3v) is 3.06. The highest BCUT2D eigenvalue weighted by molar-refractivity contribution is 9.08. The highest BCUT2D eigenvalue weighted by Crippen LogP contribution is 2.22. The standard InChI is InChI=1S/C14H12BrFO/c15-9-11-5-2-4-8-14(11)17-10-12-6-1-3-7-13(12)16/h1-8H,9-10H2. The Morgan fingerprint density at radius 2 is 1.59 bits per heavy atom. The van der Waals surface area contributed by atoms with Gasteiger partial charge in [-0.2, -0.15) is 0 Å². The van der Waals surface area contributed by atoms with Crippen LogP contribution in [0.2, 0.25) is 0 Å². The van der Waals surface area contributed by atoms with Crippen LogP contribution in [0, 0.1) is 5.82 Å². The third kappa shape index (κ3) is 3.07. The molecule has 2 aromatic carbocycles. The zero-order valence-electron chi connectivity index (χ0n) is 9.20. The molecule has 0 spiro atoms. The zero-order chi connectivity index (χ0) is 12.1. The van der Waals surface area contributed by atoms with Gasteiger partial charge in [-0.3, -0.25) is 0 Å². The molecule has 0 amide bonds. The van der Waals surface area contributed by atoms with Crippen LogP contribution in [0.25, 0.3) is 0 Å². The van der Waals surface area contributed by atoms with Gasteiger partial charge in [0.1, 0.15) is 18.2 Å². The minimum Gasteiger partial charge on any atom is -0.488 e. The first-order chi connectivity index (χ1) is 8.31.